The maximum absolute atomic E-state index is 11.6. The van der Waals surface area contributed by atoms with E-state index in [1.165, 1.54) is 0 Å². The summed E-state index contributed by atoms with van der Waals surface area (Å²) in [5, 5.41) is 2.89. The van der Waals surface area contributed by atoms with Crippen LogP contribution in [0.5, 0.6) is 0 Å². The van der Waals surface area contributed by atoms with Crippen LogP contribution in [-0.4, -0.2) is 10.9 Å². The third-order valence-corrected chi connectivity index (χ3v) is 2.65. The average molecular weight is 240 g/mol. The van der Waals surface area contributed by atoms with Crippen LogP contribution in [0.15, 0.2) is 48.8 Å². The topological polar surface area (TPSA) is 42.0 Å². The van der Waals surface area contributed by atoms with Gasteiger partial charge in [0.05, 0.1) is 0 Å². The first-order valence-corrected chi connectivity index (χ1v) is 5.98. The normalized spacial score (nSPS) is 10.4. The third kappa shape index (κ3) is 2.94. The molecule has 0 spiro atoms. The van der Waals surface area contributed by atoms with Crippen LogP contribution >= 0.6 is 0 Å². The first kappa shape index (κ1) is 12.3. The molecule has 0 aliphatic heterocycles. The van der Waals surface area contributed by atoms with Crippen LogP contribution in [-0.2, 0) is 4.79 Å². The second kappa shape index (κ2) is 5.45. The standard InChI is InChI=1S/C15H16N2O/c1-11(2)15(18)17-14-7-3-5-12(9-14)13-6-4-8-16-10-13/h3-11H,1-2H3,(H,17,18). The number of hydrogen-bond acceptors (Lipinski definition) is 2. The molecule has 18 heavy (non-hydrogen) atoms. The van der Waals surface area contributed by atoms with Crippen LogP contribution in [0.3, 0.4) is 0 Å². The highest BCUT2D eigenvalue weighted by Crippen LogP contribution is 2.21. The van der Waals surface area contributed by atoms with Crippen LogP contribution in [0.2, 0.25) is 0 Å². The summed E-state index contributed by atoms with van der Waals surface area (Å²) in [4.78, 5) is 15.7. The molecule has 0 aliphatic rings. The van der Waals surface area contributed by atoms with Crippen molar-refractivity contribution in [1.29, 1.82) is 0 Å². The quantitative estimate of drug-likeness (QED) is 0.894. The number of anilines is 1. The molecular weight excluding hydrogens is 224 g/mol. The predicted molar refractivity (Wildman–Crippen MR) is 73.1 cm³/mol. The number of nitrogens with zero attached hydrogens (tertiary/aromatic N) is 1. The van der Waals surface area contributed by atoms with E-state index in [1.807, 2.05) is 56.4 Å². The van der Waals surface area contributed by atoms with Gasteiger partial charge in [-0.2, -0.15) is 0 Å². The summed E-state index contributed by atoms with van der Waals surface area (Å²) in [6.45, 7) is 3.75. The van der Waals surface area contributed by atoms with E-state index >= 15 is 0 Å². The molecule has 1 heterocycles. The Morgan fingerprint density at radius 3 is 2.61 bits per heavy atom. The molecular formula is C15H16N2O. The molecule has 0 unspecified atom stereocenters. The number of rotatable bonds is 3. The zero-order valence-corrected chi connectivity index (χ0v) is 10.6. The van der Waals surface area contributed by atoms with E-state index in [9.17, 15) is 4.79 Å². The Morgan fingerprint density at radius 2 is 1.94 bits per heavy atom. The molecule has 0 aliphatic carbocycles. The molecule has 3 nitrogen and oxygen atoms in total. The van der Waals surface area contributed by atoms with E-state index in [-0.39, 0.29) is 11.8 Å². The first-order chi connectivity index (χ1) is 8.66. The number of aromatic nitrogens is 1. The fraction of sp³-hybridized carbons (Fsp3) is 0.200. The van der Waals surface area contributed by atoms with E-state index in [1.54, 1.807) is 6.20 Å². The highest BCUT2D eigenvalue weighted by Gasteiger charge is 2.07. The summed E-state index contributed by atoms with van der Waals surface area (Å²) in [5.41, 5.74) is 2.90. The lowest BCUT2D eigenvalue weighted by atomic mass is 10.1. The number of carbonyl (C=O) groups is 1. The van der Waals surface area contributed by atoms with E-state index in [2.05, 4.69) is 10.3 Å². The Morgan fingerprint density at radius 1 is 1.17 bits per heavy atom. The molecule has 0 atom stereocenters. The molecule has 0 bridgehead atoms. The molecule has 0 saturated heterocycles. The molecule has 0 radical (unpaired) electrons. The van der Waals surface area contributed by atoms with Crippen molar-refractivity contribution in [3.8, 4) is 11.1 Å². The monoisotopic (exact) mass is 240 g/mol. The van der Waals surface area contributed by atoms with E-state index < -0.39 is 0 Å². The van der Waals surface area contributed by atoms with Crippen molar-refractivity contribution in [2.45, 2.75) is 13.8 Å². The van der Waals surface area contributed by atoms with Gasteiger partial charge in [0.1, 0.15) is 0 Å². The van der Waals surface area contributed by atoms with Crippen molar-refractivity contribution >= 4 is 11.6 Å². The minimum Gasteiger partial charge on any atom is -0.326 e. The number of hydrogen-bond donors (Lipinski definition) is 1. The number of amides is 1. The summed E-state index contributed by atoms with van der Waals surface area (Å²) in [5.74, 6) is 0.00499. The predicted octanol–water partition coefficient (Wildman–Crippen LogP) is 3.34. The molecule has 3 heteroatoms. The van der Waals surface area contributed by atoms with E-state index in [4.69, 9.17) is 0 Å². The Bertz CT molecular complexity index is 535. The fourth-order valence-corrected chi connectivity index (χ4v) is 1.60. The van der Waals surface area contributed by atoms with Gasteiger partial charge in [-0.3, -0.25) is 9.78 Å². The van der Waals surface area contributed by atoms with Gasteiger partial charge in [-0.25, -0.2) is 0 Å². The summed E-state index contributed by atoms with van der Waals surface area (Å²) in [7, 11) is 0. The zero-order chi connectivity index (χ0) is 13.0. The Kier molecular flexibility index (Phi) is 3.72. The molecule has 1 aromatic heterocycles. The van der Waals surface area contributed by atoms with Gasteiger partial charge in [0.2, 0.25) is 5.91 Å². The minimum atomic E-state index is -0.0213. The molecule has 1 amide bonds. The van der Waals surface area contributed by atoms with Gasteiger partial charge in [0, 0.05) is 29.6 Å². The van der Waals surface area contributed by atoms with Gasteiger partial charge >= 0.3 is 0 Å². The van der Waals surface area contributed by atoms with Gasteiger partial charge in [-0.05, 0) is 23.8 Å². The lowest BCUT2D eigenvalue weighted by Crippen LogP contribution is -2.17. The van der Waals surface area contributed by atoms with E-state index in [0.29, 0.717) is 0 Å². The number of benzene rings is 1. The Labute approximate surface area is 107 Å². The lowest BCUT2D eigenvalue weighted by Gasteiger charge is -2.09. The molecule has 92 valence electrons. The van der Waals surface area contributed by atoms with Crippen molar-refractivity contribution in [2.24, 2.45) is 5.92 Å². The first-order valence-electron chi connectivity index (χ1n) is 5.98. The lowest BCUT2D eigenvalue weighted by molar-refractivity contribution is -0.118. The second-order valence-electron chi connectivity index (χ2n) is 4.47. The van der Waals surface area contributed by atoms with Crippen molar-refractivity contribution in [2.75, 3.05) is 5.32 Å². The largest absolute Gasteiger partial charge is 0.326 e. The molecule has 2 aromatic rings. The second-order valence-corrected chi connectivity index (χ2v) is 4.47. The average Bonchev–Trinajstić information content (AvgIpc) is 2.40. The van der Waals surface area contributed by atoms with Gasteiger partial charge < -0.3 is 5.32 Å². The van der Waals surface area contributed by atoms with Gasteiger partial charge in [0.15, 0.2) is 0 Å². The summed E-state index contributed by atoms with van der Waals surface area (Å²) in [6.07, 6.45) is 3.55. The van der Waals surface area contributed by atoms with E-state index in [0.717, 1.165) is 16.8 Å². The van der Waals surface area contributed by atoms with Crippen molar-refractivity contribution < 1.29 is 4.79 Å². The molecule has 1 N–H and O–H groups in total. The minimum absolute atomic E-state index is 0.0213. The van der Waals surface area contributed by atoms with Crippen LogP contribution < -0.4 is 5.32 Å². The van der Waals surface area contributed by atoms with Gasteiger partial charge in [0.25, 0.3) is 0 Å². The molecule has 1 aromatic carbocycles. The van der Waals surface area contributed by atoms with Gasteiger partial charge in [-0.15, -0.1) is 0 Å². The molecule has 0 fully saturated rings. The number of nitrogens with one attached hydrogen (secondary N) is 1. The van der Waals surface area contributed by atoms with Crippen LogP contribution in [0.1, 0.15) is 13.8 Å². The van der Waals surface area contributed by atoms with Gasteiger partial charge in [-0.1, -0.05) is 32.0 Å². The Balaban J connectivity index is 2.23. The SMILES string of the molecule is CC(C)C(=O)Nc1cccc(-c2cccnc2)c1. The zero-order valence-electron chi connectivity index (χ0n) is 10.6. The fourth-order valence-electron chi connectivity index (χ4n) is 1.60. The highest BCUT2D eigenvalue weighted by molar-refractivity contribution is 5.92. The summed E-state index contributed by atoms with van der Waals surface area (Å²) in [6, 6.07) is 11.7. The van der Waals surface area contributed by atoms with Crippen molar-refractivity contribution in [3.63, 3.8) is 0 Å². The highest BCUT2D eigenvalue weighted by atomic mass is 16.1. The van der Waals surface area contributed by atoms with Crippen molar-refractivity contribution in [1.82, 2.24) is 4.98 Å². The van der Waals surface area contributed by atoms with Crippen LogP contribution in [0.25, 0.3) is 11.1 Å². The maximum atomic E-state index is 11.6. The maximum Gasteiger partial charge on any atom is 0.226 e. The van der Waals surface area contributed by atoms with Crippen LogP contribution in [0.4, 0.5) is 5.69 Å². The molecule has 0 saturated carbocycles. The molecule has 2 rings (SSSR count). The smallest absolute Gasteiger partial charge is 0.226 e. The number of pyridine rings is 1. The third-order valence-electron chi connectivity index (χ3n) is 2.65. The van der Waals surface area contributed by atoms with Crippen LogP contribution in [0, 0.1) is 5.92 Å². The Hall–Kier alpha value is -2.16. The number of carbonyl (C=O) groups excluding carboxylic acids is 1. The summed E-state index contributed by atoms with van der Waals surface area (Å²) >= 11 is 0. The summed E-state index contributed by atoms with van der Waals surface area (Å²) < 4.78 is 0. The van der Waals surface area contributed by atoms with Crippen molar-refractivity contribution in [3.05, 3.63) is 48.8 Å².